The fraction of sp³-hybridized carbons (Fsp3) is 0. The van der Waals surface area contributed by atoms with Gasteiger partial charge in [-0.15, -0.1) is 0 Å². The first-order chi connectivity index (χ1) is 22.1. The fourth-order valence-corrected chi connectivity index (χ4v) is 26.5. The van der Waals surface area contributed by atoms with Crippen molar-refractivity contribution in [1.29, 1.82) is 0 Å². The van der Waals surface area contributed by atoms with Crippen LogP contribution in [-0.2, 0) is 0 Å². The Kier molecular flexibility index (Phi) is 11.2. The molecule has 0 saturated heterocycles. The van der Waals surface area contributed by atoms with Gasteiger partial charge in [-0.1, -0.05) is 72.8 Å². The molecule has 2 nitrogen and oxygen atoms in total. The van der Waals surface area contributed by atoms with Gasteiger partial charge in [0.2, 0.25) is 0 Å². The van der Waals surface area contributed by atoms with Crippen LogP contribution in [-0.4, -0.2) is 25.6 Å². The van der Waals surface area contributed by atoms with Crippen LogP contribution in [0, 0.1) is 0 Å². The maximum absolute atomic E-state index is 4.87. The summed E-state index contributed by atoms with van der Waals surface area (Å²) in [7, 11) is -1.91. The van der Waals surface area contributed by atoms with Crippen molar-refractivity contribution in [3.05, 3.63) is 182 Å². The smallest absolute Gasteiger partial charge is 0.0620 e. The monoisotopic (exact) mass is 808 g/mol. The minimum atomic E-state index is -4.48. The molecule has 0 radical (unpaired) electrons. The number of isothiocyanates is 2. The van der Waals surface area contributed by atoms with Crippen LogP contribution < -0.4 is 28.4 Å². The summed E-state index contributed by atoms with van der Waals surface area (Å²) in [6.45, 7) is 0. The number of thiocarbonyl (C=S) groups is 2. The van der Waals surface area contributed by atoms with Crippen molar-refractivity contribution in [1.82, 2.24) is 0 Å². The topological polar surface area (TPSA) is 24.7 Å². The van der Waals surface area contributed by atoms with Gasteiger partial charge in [-0.25, -0.2) is 0 Å². The molecule has 0 aliphatic heterocycles. The van der Waals surface area contributed by atoms with E-state index in [4.69, 9.17) is 24.4 Å². The Balaban J connectivity index is 0.000000183. The van der Waals surface area contributed by atoms with E-state index in [0.717, 1.165) is 7.16 Å². The van der Waals surface area contributed by atoms with Crippen LogP contribution >= 0.6 is 44.4 Å². The van der Waals surface area contributed by atoms with Crippen molar-refractivity contribution in [3.8, 4) is 0 Å². The number of nitrogens with zero attached hydrogens (tertiary/aromatic N) is 2. The van der Waals surface area contributed by atoms with Crippen LogP contribution in [0.2, 0.25) is 0 Å². The van der Waals surface area contributed by atoms with E-state index in [0.29, 0.717) is 0 Å². The average molecular weight is 808 g/mol. The van der Waals surface area contributed by atoms with E-state index in [-0.39, 0.29) is 0 Å². The fourth-order valence-electron chi connectivity index (χ4n) is 5.58. The summed E-state index contributed by atoms with van der Waals surface area (Å²) in [6.07, 6.45) is 0. The normalized spacial score (nSPS) is 11.7. The van der Waals surface area contributed by atoms with Gasteiger partial charge in [-0.2, -0.15) is 0 Å². The summed E-state index contributed by atoms with van der Waals surface area (Å²) in [5, 5.41) is 10.6. The van der Waals surface area contributed by atoms with E-state index in [1.165, 1.54) is 21.2 Å². The molecule has 0 fully saturated rings. The first kappa shape index (κ1) is 33.0. The number of rotatable bonds is 8. The molecule has 0 aromatic heterocycles. The van der Waals surface area contributed by atoms with Gasteiger partial charge < -0.3 is 0 Å². The molecule has 45 heavy (non-hydrogen) atoms. The molecule has 0 heterocycles. The van der Waals surface area contributed by atoms with E-state index >= 15 is 0 Å². The van der Waals surface area contributed by atoms with Crippen LogP contribution in [0.15, 0.2) is 188 Å². The summed E-state index contributed by atoms with van der Waals surface area (Å²) < 4.78 is 11.0. The summed E-state index contributed by atoms with van der Waals surface area (Å²) in [4.78, 5) is 0. The van der Waals surface area contributed by atoms with Crippen LogP contribution in [0.3, 0.4) is 0 Å². The molecule has 6 aromatic rings. The number of halogens is 1. The van der Waals surface area contributed by atoms with Gasteiger partial charge in [0.05, 0.1) is 0 Å². The zero-order valence-electron chi connectivity index (χ0n) is 24.4. The molecule has 0 amide bonds. The van der Waals surface area contributed by atoms with Crippen molar-refractivity contribution in [2.75, 3.05) is 0 Å². The molecule has 0 aliphatic rings. The van der Waals surface area contributed by atoms with Crippen molar-refractivity contribution < 1.29 is 0 Å². The van der Waals surface area contributed by atoms with E-state index in [9.17, 15) is 0 Å². The molecular formula is C38H30BrN2PS2Sn. The number of hydrogen-bond acceptors (Lipinski definition) is 4. The third kappa shape index (κ3) is 6.77. The molecular weight excluding hydrogens is 778 g/mol. The predicted molar refractivity (Wildman–Crippen MR) is 208 cm³/mol. The average Bonchev–Trinajstić information content (AvgIpc) is 3.12. The maximum Gasteiger partial charge on any atom is 0.144 e. The zero-order valence-corrected chi connectivity index (χ0v) is 31.3. The Labute approximate surface area is 284 Å². The zero-order chi connectivity index (χ0) is 31.5. The molecule has 6 rings (SSSR count). The quantitative estimate of drug-likeness (QED) is 0.0686. The maximum atomic E-state index is 4.87. The molecule has 0 atom stereocenters. The largest absolute Gasteiger partial charge is 0.144 e. The van der Waals surface area contributed by atoms with Gasteiger partial charge in [-0.3, -0.25) is 0 Å². The molecule has 0 spiro atoms. The summed E-state index contributed by atoms with van der Waals surface area (Å²) >= 11 is 9.11. The summed E-state index contributed by atoms with van der Waals surface area (Å²) in [5.41, 5.74) is 0. The standard InChI is InChI=1S/C24H20P.2C6H5.2CNS.BrH.Sn/c1-5-13-21(14-6-1)25(22-15-7-2-8-16-22,23-17-9-3-10-18-23)24-19-11-4-12-20-24;2*1-2-4-6-5-3-1;2*2-1-3;;/h1-20H;2*1-5H;;;1H;/q+1;;;2*-1;;+2/p-1. The van der Waals surface area contributed by atoms with Gasteiger partial charge in [0.15, 0.2) is 0 Å². The van der Waals surface area contributed by atoms with Crippen LogP contribution in [0.25, 0.3) is 0 Å². The Bertz CT molecular complexity index is 1690. The molecule has 7 heteroatoms. The second-order valence-corrected chi connectivity index (χ2v) is 34.5. The molecule has 0 unspecified atom stereocenters. The van der Waals surface area contributed by atoms with Gasteiger partial charge in [0.1, 0.15) is 28.5 Å². The van der Waals surface area contributed by atoms with E-state index < -0.39 is 22.6 Å². The Morgan fingerprint density at radius 2 is 0.622 bits per heavy atom. The first-order valence-electron chi connectivity index (χ1n) is 14.4. The van der Waals surface area contributed by atoms with Crippen LogP contribution in [0.1, 0.15) is 0 Å². The molecule has 0 aliphatic carbocycles. The summed E-state index contributed by atoms with van der Waals surface area (Å²) in [6, 6.07) is 63.5. The van der Waals surface area contributed by atoms with Crippen molar-refractivity contribution >= 4 is 98.4 Å². The Morgan fingerprint density at radius 1 is 0.400 bits per heavy atom. The molecule has 0 saturated carbocycles. The van der Waals surface area contributed by atoms with E-state index in [1.54, 1.807) is 0 Å². The Morgan fingerprint density at radius 3 is 0.844 bits per heavy atom. The van der Waals surface area contributed by atoms with Crippen molar-refractivity contribution in [2.24, 2.45) is 6.43 Å². The second-order valence-electron chi connectivity index (χ2n) is 10.2. The minimum absolute atomic E-state index is 0.981. The van der Waals surface area contributed by atoms with Gasteiger partial charge in [0, 0.05) is 0 Å². The van der Waals surface area contributed by atoms with E-state index in [1.807, 2.05) is 60.7 Å². The first-order valence-corrected chi connectivity index (χ1v) is 28.8. The number of benzene rings is 6. The number of hydrogen-bond donors (Lipinski definition) is 0. The molecule has 0 N–H and O–H groups in total. The van der Waals surface area contributed by atoms with E-state index in [2.05, 4.69) is 151 Å². The third-order valence-corrected chi connectivity index (χ3v) is 32.3. The summed E-state index contributed by atoms with van der Waals surface area (Å²) in [5.74, 6) is 0. The van der Waals surface area contributed by atoms with Gasteiger partial charge in [-0.05, 0) is 48.5 Å². The Hall–Kier alpha value is -3.37. The van der Waals surface area contributed by atoms with Gasteiger partial charge in [0.25, 0.3) is 0 Å². The SMILES string of the molecule is S=C=[N][Sn-]([Br])([N]=C=S)([c]1ccccc1)[c]1ccccc1.c1ccc([P+](c2ccccc2)(c2ccccc2)c2ccccc2)cc1. The molecule has 0 bridgehead atoms. The molecule has 6 aromatic carbocycles. The van der Waals surface area contributed by atoms with Crippen LogP contribution in [0.4, 0.5) is 0 Å². The van der Waals surface area contributed by atoms with Crippen molar-refractivity contribution in [3.63, 3.8) is 0 Å². The predicted octanol–water partition coefficient (Wildman–Crippen LogP) is 7.60. The van der Waals surface area contributed by atoms with Gasteiger partial charge >= 0.3 is 137 Å². The minimum Gasteiger partial charge on any atom is -0.0620 e. The van der Waals surface area contributed by atoms with Crippen molar-refractivity contribution in [2.45, 2.75) is 0 Å². The third-order valence-electron chi connectivity index (χ3n) is 7.64. The van der Waals surface area contributed by atoms with Crippen LogP contribution in [0.5, 0.6) is 0 Å². The second kappa shape index (κ2) is 15.3. The molecule has 220 valence electrons.